The normalized spacial score (nSPS) is 13.5. The van der Waals surface area contributed by atoms with Crippen LogP contribution in [0.2, 0.25) is 0 Å². The molecule has 0 radical (unpaired) electrons. The lowest BCUT2D eigenvalue weighted by molar-refractivity contribution is -0.384. The Bertz CT molecular complexity index is 624. The summed E-state index contributed by atoms with van der Waals surface area (Å²) in [5.41, 5.74) is -0.887. The molecule has 9 heteroatoms. The number of aliphatic hydroxyl groups is 1. The second-order valence-corrected chi connectivity index (χ2v) is 5.94. The van der Waals surface area contributed by atoms with E-state index in [4.69, 9.17) is 4.74 Å². The molecular weight excluding hydrogens is 320 g/mol. The van der Waals surface area contributed by atoms with Gasteiger partial charge in [0.05, 0.1) is 18.1 Å². The van der Waals surface area contributed by atoms with Crippen LogP contribution >= 0.6 is 0 Å². The smallest absolute Gasteiger partial charge is 0.408 e. The second-order valence-electron chi connectivity index (χ2n) is 5.94. The third kappa shape index (κ3) is 5.51. The van der Waals surface area contributed by atoms with Crippen molar-refractivity contribution in [3.8, 4) is 0 Å². The molecule has 2 atom stereocenters. The van der Waals surface area contributed by atoms with E-state index in [1.54, 1.807) is 20.8 Å². The van der Waals surface area contributed by atoms with E-state index in [9.17, 15) is 24.8 Å². The molecule has 0 aliphatic rings. The molecule has 0 bridgehead atoms. The van der Waals surface area contributed by atoms with Gasteiger partial charge in [0.1, 0.15) is 5.60 Å². The number of esters is 1. The number of benzene rings is 1. The van der Waals surface area contributed by atoms with Gasteiger partial charge in [-0.25, -0.2) is 9.59 Å². The number of aliphatic hydroxyl groups excluding tert-OH is 1. The van der Waals surface area contributed by atoms with Crippen LogP contribution in [-0.2, 0) is 14.3 Å². The van der Waals surface area contributed by atoms with Crippen LogP contribution in [0.15, 0.2) is 24.3 Å². The number of nitro benzene ring substituents is 1. The highest BCUT2D eigenvalue weighted by Crippen LogP contribution is 2.23. The number of nitrogens with one attached hydrogen (secondary N) is 1. The van der Waals surface area contributed by atoms with E-state index in [1.807, 2.05) is 0 Å². The summed E-state index contributed by atoms with van der Waals surface area (Å²) in [6.07, 6.45) is -2.65. The zero-order valence-corrected chi connectivity index (χ0v) is 13.8. The zero-order valence-electron chi connectivity index (χ0n) is 13.8. The minimum absolute atomic E-state index is 0.160. The number of rotatable bonds is 5. The van der Waals surface area contributed by atoms with Gasteiger partial charge in [-0.2, -0.15) is 0 Å². The van der Waals surface area contributed by atoms with E-state index in [-0.39, 0.29) is 11.3 Å². The molecule has 0 saturated heterocycles. The standard InChI is InChI=1S/C15H20N2O7/c1-15(2,3)24-14(20)16-11(12(18)13(19)23-4)9-6-5-7-10(8-9)17(21)22/h5-8,11-12,18H,1-4H3,(H,16,20)/t11-,12+/m0/s1. The summed E-state index contributed by atoms with van der Waals surface area (Å²) in [4.78, 5) is 33.8. The molecule has 132 valence electrons. The molecule has 1 aromatic carbocycles. The van der Waals surface area contributed by atoms with E-state index >= 15 is 0 Å². The summed E-state index contributed by atoms with van der Waals surface area (Å²) in [6, 6.07) is 3.93. The van der Waals surface area contributed by atoms with Gasteiger partial charge in [0.25, 0.3) is 5.69 Å². The van der Waals surface area contributed by atoms with Gasteiger partial charge in [0.2, 0.25) is 0 Å². The Morgan fingerprint density at radius 2 is 1.96 bits per heavy atom. The van der Waals surface area contributed by atoms with Crippen molar-refractivity contribution in [3.05, 3.63) is 39.9 Å². The number of non-ortho nitro benzene ring substituents is 1. The van der Waals surface area contributed by atoms with Gasteiger partial charge in [-0.05, 0) is 26.3 Å². The van der Waals surface area contributed by atoms with E-state index in [1.165, 1.54) is 18.2 Å². The molecule has 24 heavy (non-hydrogen) atoms. The van der Waals surface area contributed by atoms with Crippen molar-refractivity contribution < 1.29 is 29.1 Å². The molecule has 9 nitrogen and oxygen atoms in total. The Balaban J connectivity index is 3.14. The van der Waals surface area contributed by atoms with Crippen LogP contribution in [0.25, 0.3) is 0 Å². The molecule has 0 aliphatic carbocycles. The van der Waals surface area contributed by atoms with Crippen LogP contribution in [0.5, 0.6) is 0 Å². The maximum Gasteiger partial charge on any atom is 0.408 e. The number of carbonyl (C=O) groups excluding carboxylic acids is 2. The molecule has 0 aromatic heterocycles. The minimum atomic E-state index is -1.76. The van der Waals surface area contributed by atoms with E-state index in [2.05, 4.69) is 10.1 Å². The first kappa shape index (κ1) is 19.4. The fraction of sp³-hybridized carbons (Fsp3) is 0.467. The van der Waals surface area contributed by atoms with E-state index < -0.39 is 34.7 Å². The number of hydrogen-bond donors (Lipinski definition) is 2. The fourth-order valence-corrected chi connectivity index (χ4v) is 1.87. The summed E-state index contributed by atoms with van der Waals surface area (Å²) < 4.78 is 9.54. The van der Waals surface area contributed by atoms with Gasteiger partial charge in [-0.1, -0.05) is 12.1 Å². The second kappa shape index (κ2) is 7.73. The third-order valence-corrected chi connectivity index (χ3v) is 2.87. The Kier molecular flexibility index (Phi) is 6.24. The van der Waals surface area contributed by atoms with Crippen LogP contribution in [-0.4, -0.2) is 40.9 Å². The largest absolute Gasteiger partial charge is 0.467 e. The molecule has 1 rings (SSSR count). The summed E-state index contributed by atoms with van der Waals surface area (Å²) in [5, 5.41) is 23.3. The minimum Gasteiger partial charge on any atom is -0.467 e. The fourth-order valence-electron chi connectivity index (χ4n) is 1.87. The molecule has 0 spiro atoms. The number of carbonyl (C=O) groups is 2. The van der Waals surface area contributed by atoms with Gasteiger partial charge >= 0.3 is 12.1 Å². The van der Waals surface area contributed by atoms with Crippen molar-refractivity contribution in [2.45, 2.75) is 38.5 Å². The predicted octanol–water partition coefficient (Wildman–Crippen LogP) is 1.69. The molecule has 0 saturated carbocycles. The maximum atomic E-state index is 11.9. The topological polar surface area (TPSA) is 128 Å². The molecule has 1 amide bonds. The van der Waals surface area contributed by atoms with Crippen LogP contribution in [0.3, 0.4) is 0 Å². The average Bonchev–Trinajstić information content (AvgIpc) is 2.49. The first-order chi connectivity index (χ1) is 11.0. The lowest BCUT2D eigenvalue weighted by Crippen LogP contribution is -2.43. The van der Waals surface area contributed by atoms with Crippen LogP contribution in [0, 0.1) is 10.1 Å². The third-order valence-electron chi connectivity index (χ3n) is 2.87. The molecule has 2 N–H and O–H groups in total. The predicted molar refractivity (Wildman–Crippen MR) is 83.2 cm³/mol. The Hall–Kier alpha value is -2.68. The monoisotopic (exact) mass is 340 g/mol. The Labute approximate surface area is 138 Å². The lowest BCUT2D eigenvalue weighted by atomic mass is 10.0. The first-order valence-electron chi connectivity index (χ1n) is 7.05. The van der Waals surface area contributed by atoms with Crippen molar-refractivity contribution in [3.63, 3.8) is 0 Å². The van der Waals surface area contributed by atoms with Gasteiger partial charge < -0.3 is 19.9 Å². The Morgan fingerprint density at radius 3 is 2.46 bits per heavy atom. The lowest BCUT2D eigenvalue weighted by Gasteiger charge is -2.25. The van der Waals surface area contributed by atoms with Crippen LogP contribution in [0.4, 0.5) is 10.5 Å². The zero-order chi connectivity index (χ0) is 18.5. The highest BCUT2D eigenvalue weighted by molar-refractivity contribution is 5.77. The number of alkyl carbamates (subject to hydrolysis) is 1. The summed E-state index contributed by atoms with van der Waals surface area (Å²) in [5.74, 6) is -0.998. The summed E-state index contributed by atoms with van der Waals surface area (Å²) >= 11 is 0. The van der Waals surface area contributed by atoms with Gasteiger partial charge in [-0.15, -0.1) is 0 Å². The van der Waals surface area contributed by atoms with Gasteiger partial charge in [0.15, 0.2) is 6.10 Å². The molecule has 0 unspecified atom stereocenters. The van der Waals surface area contributed by atoms with Crippen LogP contribution < -0.4 is 5.32 Å². The van der Waals surface area contributed by atoms with E-state index in [0.29, 0.717) is 0 Å². The van der Waals surface area contributed by atoms with Crippen molar-refractivity contribution in [1.29, 1.82) is 0 Å². The number of hydrogen-bond acceptors (Lipinski definition) is 7. The molecule has 0 aliphatic heterocycles. The number of methoxy groups -OCH3 is 1. The SMILES string of the molecule is COC(=O)[C@H](O)[C@@H](NC(=O)OC(C)(C)C)c1cccc([N+](=O)[O-])c1. The number of ether oxygens (including phenoxy) is 2. The van der Waals surface area contributed by atoms with E-state index in [0.717, 1.165) is 13.2 Å². The quantitative estimate of drug-likeness (QED) is 0.474. The van der Waals surface area contributed by atoms with Gasteiger partial charge in [-0.3, -0.25) is 10.1 Å². The molecular formula is C15H20N2O7. The van der Waals surface area contributed by atoms with Crippen molar-refractivity contribution in [2.75, 3.05) is 7.11 Å². The first-order valence-corrected chi connectivity index (χ1v) is 7.05. The highest BCUT2D eigenvalue weighted by atomic mass is 16.6. The van der Waals surface area contributed by atoms with Crippen molar-refractivity contribution >= 4 is 17.7 Å². The van der Waals surface area contributed by atoms with Crippen molar-refractivity contribution in [2.24, 2.45) is 0 Å². The van der Waals surface area contributed by atoms with Gasteiger partial charge in [0, 0.05) is 12.1 Å². The van der Waals surface area contributed by atoms with Crippen LogP contribution in [0.1, 0.15) is 32.4 Å². The average molecular weight is 340 g/mol. The van der Waals surface area contributed by atoms with Crippen molar-refractivity contribution in [1.82, 2.24) is 5.32 Å². The summed E-state index contributed by atoms with van der Waals surface area (Å²) in [6.45, 7) is 4.93. The summed E-state index contributed by atoms with van der Waals surface area (Å²) in [7, 11) is 1.07. The molecule has 0 heterocycles. The molecule has 0 fully saturated rings. The number of amides is 1. The Morgan fingerprint density at radius 1 is 1.33 bits per heavy atom. The number of nitrogens with zero attached hydrogens (tertiary/aromatic N) is 1. The maximum absolute atomic E-state index is 11.9. The highest BCUT2D eigenvalue weighted by Gasteiger charge is 2.32. The number of nitro groups is 1. The molecule has 1 aromatic rings.